The molecular formula is C11H14Cl2N2O. The highest BCUT2D eigenvalue weighted by Gasteiger charge is 2.24. The molecule has 2 atom stereocenters. The summed E-state index contributed by atoms with van der Waals surface area (Å²) in [6.07, 6.45) is -0.328. The number of hydrogen-bond donors (Lipinski definition) is 3. The minimum atomic E-state index is -0.328. The van der Waals surface area contributed by atoms with Crippen LogP contribution < -0.4 is 10.6 Å². The number of nitrogens with one attached hydrogen (secondary N) is 2. The van der Waals surface area contributed by atoms with Crippen LogP contribution in [0.5, 0.6) is 0 Å². The summed E-state index contributed by atoms with van der Waals surface area (Å²) in [5, 5.41) is 17.3. The average Bonchev–Trinajstić information content (AvgIpc) is 2.63. The van der Waals surface area contributed by atoms with Crippen LogP contribution in [0.4, 0.5) is 0 Å². The molecule has 0 aliphatic carbocycles. The Kier molecular flexibility index (Phi) is 4.05. The maximum Gasteiger partial charge on any atom is 0.0829 e. The van der Waals surface area contributed by atoms with Crippen molar-refractivity contribution in [1.82, 2.24) is 10.6 Å². The van der Waals surface area contributed by atoms with E-state index in [1.165, 1.54) is 0 Å². The van der Waals surface area contributed by atoms with Gasteiger partial charge in [-0.05, 0) is 17.7 Å². The molecule has 1 aliphatic rings. The molecule has 1 aromatic carbocycles. The lowest BCUT2D eigenvalue weighted by Gasteiger charge is -2.15. The second kappa shape index (κ2) is 5.34. The molecule has 0 amide bonds. The quantitative estimate of drug-likeness (QED) is 0.771. The van der Waals surface area contributed by atoms with E-state index < -0.39 is 0 Å². The molecule has 3 nitrogen and oxygen atoms in total. The Labute approximate surface area is 105 Å². The van der Waals surface area contributed by atoms with Crippen molar-refractivity contribution in [2.45, 2.75) is 18.7 Å². The van der Waals surface area contributed by atoms with Crippen LogP contribution in [0.3, 0.4) is 0 Å². The van der Waals surface area contributed by atoms with Gasteiger partial charge < -0.3 is 15.7 Å². The van der Waals surface area contributed by atoms with E-state index in [4.69, 9.17) is 23.2 Å². The van der Waals surface area contributed by atoms with Crippen molar-refractivity contribution < 1.29 is 5.11 Å². The van der Waals surface area contributed by atoms with Gasteiger partial charge in [-0.25, -0.2) is 0 Å². The molecule has 1 saturated heterocycles. The van der Waals surface area contributed by atoms with Crippen molar-refractivity contribution in [3.63, 3.8) is 0 Å². The molecule has 0 aromatic heterocycles. The highest BCUT2D eigenvalue weighted by atomic mass is 35.5. The first-order chi connectivity index (χ1) is 7.66. The molecule has 0 unspecified atom stereocenters. The number of halogens is 2. The van der Waals surface area contributed by atoms with Crippen LogP contribution in [0.15, 0.2) is 18.2 Å². The second-order valence-electron chi connectivity index (χ2n) is 3.95. The predicted molar refractivity (Wildman–Crippen MR) is 66.0 cm³/mol. The minimum Gasteiger partial charge on any atom is -0.390 e. The van der Waals surface area contributed by atoms with Gasteiger partial charge in [-0.3, -0.25) is 0 Å². The number of hydrogen-bond acceptors (Lipinski definition) is 3. The first-order valence-corrected chi connectivity index (χ1v) is 5.98. The number of β-amino-alcohol motifs (C(OH)–C–C–N with tert-alkyl or cyclic N) is 1. The highest BCUT2D eigenvalue weighted by molar-refractivity contribution is 6.35. The fraction of sp³-hybridized carbons (Fsp3) is 0.455. The number of rotatable bonds is 3. The molecule has 1 aromatic rings. The summed E-state index contributed by atoms with van der Waals surface area (Å²) >= 11 is 11.9. The largest absolute Gasteiger partial charge is 0.390 e. The van der Waals surface area contributed by atoms with Gasteiger partial charge in [-0.2, -0.15) is 0 Å². The van der Waals surface area contributed by atoms with E-state index in [-0.39, 0.29) is 12.1 Å². The third-order valence-electron chi connectivity index (χ3n) is 2.75. The summed E-state index contributed by atoms with van der Waals surface area (Å²) in [7, 11) is 0. The first-order valence-electron chi connectivity index (χ1n) is 5.23. The normalized spacial score (nSPS) is 24.9. The lowest BCUT2D eigenvalue weighted by molar-refractivity contribution is 0.162. The monoisotopic (exact) mass is 260 g/mol. The van der Waals surface area contributed by atoms with Crippen molar-refractivity contribution in [3.05, 3.63) is 33.8 Å². The van der Waals surface area contributed by atoms with E-state index in [1.54, 1.807) is 6.07 Å². The topological polar surface area (TPSA) is 44.3 Å². The van der Waals surface area contributed by atoms with Gasteiger partial charge in [0.2, 0.25) is 0 Å². The van der Waals surface area contributed by atoms with Gasteiger partial charge in [-0.15, -0.1) is 0 Å². The minimum absolute atomic E-state index is 0.0896. The molecule has 2 rings (SSSR count). The van der Waals surface area contributed by atoms with E-state index in [0.717, 1.165) is 12.1 Å². The molecule has 1 aliphatic heterocycles. The highest BCUT2D eigenvalue weighted by Crippen LogP contribution is 2.20. The second-order valence-corrected chi connectivity index (χ2v) is 4.79. The molecule has 0 spiro atoms. The maximum atomic E-state index is 9.60. The Morgan fingerprint density at radius 3 is 2.81 bits per heavy atom. The van der Waals surface area contributed by atoms with Crippen molar-refractivity contribution in [3.8, 4) is 0 Å². The third-order valence-corrected chi connectivity index (χ3v) is 3.34. The average molecular weight is 261 g/mol. The Morgan fingerprint density at radius 2 is 2.19 bits per heavy atom. The van der Waals surface area contributed by atoms with E-state index in [2.05, 4.69) is 10.6 Å². The zero-order valence-corrected chi connectivity index (χ0v) is 10.2. The van der Waals surface area contributed by atoms with Crippen LogP contribution in [0.25, 0.3) is 0 Å². The molecule has 1 heterocycles. The van der Waals surface area contributed by atoms with Crippen LogP contribution >= 0.6 is 23.2 Å². The lowest BCUT2D eigenvalue weighted by Crippen LogP contribution is -2.38. The Morgan fingerprint density at radius 1 is 1.38 bits per heavy atom. The third kappa shape index (κ3) is 2.87. The predicted octanol–water partition coefficient (Wildman–Crippen LogP) is 1.42. The Hall–Kier alpha value is -0.320. The molecule has 1 fully saturated rings. The van der Waals surface area contributed by atoms with Gasteiger partial charge >= 0.3 is 0 Å². The van der Waals surface area contributed by atoms with Crippen LogP contribution in [0.1, 0.15) is 5.56 Å². The summed E-state index contributed by atoms with van der Waals surface area (Å²) in [5.41, 5.74) is 0.991. The van der Waals surface area contributed by atoms with Gasteiger partial charge in [0.15, 0.2) is 0 Å². The summed E-state index contributed by atoms with van der Waals surface area (Å²) in [4.78, 5) is 0. The van der Waals surface area contributed by atoms with Gasteiger partial charge in [0, 0.05) is 35.7 Å². The molecular weight excluding hydrogens is 247 g/mol. The zero-order valence-electron chi connectivity index (χ0n) is 8.71. The van der Waals surface area contributed by atoms with Gasteiger partial charge in [0.1, 0.15) is 0 Å². The van der Waals surface area contributed by atoms with Crippen LogP contribution in [-0.2, 0) is 6.54 Å². The molecule has 16 heavy (non-hydrogen) atoms. The van der Waals surface area contributed by atoms with Crippen molar-refractivity contribution in [2.24, 2.45) is 0 Å². The van der Waals surface area contributed by atoms with Crippen LogP contribution in [-0.4, -0.2) is 30.3 Å². The molecule has 0 saturated carbocycles. The van der Waals surface area contributed by atoms with Crippen molar-refractivity contribution in [1.29, 1.82) is 0 Å². The van der Waals surface area contributed by atoms with E-state index in [0.29, 0.717) is 23.1 Å². The van der Waals surface area contributed by atoms with Gasteiger partial charge in [-0.1, -0.05) is 29.3 Å². The summed E-state index contributed by atoms with van der Waals surface area (Å²) < 4.78 is 0. The van der Waals surface area contributed by atoms with Gasteiger partial charge in [0.25, 0.3) is 0 Å². The summed E-state index contributed by atoms with van der Waals surface area (Å²) in [5.74, 6) is 0. The van der Waals surface area contributed by atoms with Gasteiger partial charge in [0.05, 0.1) is 6.10 Å². The smallest absolute Gasteiger partial charge is 0.0829 e. The molecule has 5 heteroatoms. The molecule has 0 radical (unpaired) electrons. The summed E-state index contributed by atoms with van der Waals surface area (Å²) in [6, 6.07) is 5.52. The van der Waals surface area contributed by atoms with Crippen LogP contribution in [0, 0.1) is 0 Å². The van der Waals surface area contributed by atoms with E-state index >= 15 is 0 Å². The van der Waals surface area contributed by atoms with Crippen molar-refractivity contribution in [2.75, 3.05) is 13.1 Å². The maximum absolute atomic E-state index is 9.60. The Balaban J connectivity index is 1.94. The molecule has 88 valence electrons. The SMILES string of the molecule is O[C@H]1CNC[C@@H]1NCc1ccc(Cl)cc1Cl. The van der Waals surface area contributed by atoms with E-state index in [1.807, 2.05) is 12.1 Å². The number of benzene rings is 1. The molecule has 3 N–H and O–H groups in total. The Bertz CT molecular complexity index is 373. The fourth-order valence-electron chi connectivity index (χ4n) is 1.78. The zero-order chi connectivity index (χ0) is 11.5. The van der Waals surface area contributed by atoms with Crippen molar-refractivity contribution >= 4 is 23.2 Å². The number of aliphatic hydroxyl groups is 1. The van der Waals surface area contributed by atoms with Crippen LogP contribution in [0.2, 0.25) is 10.0 Å². The fourth-order valence-corrected chi connectivity index (χ4v) is 2.25. The number of aliphatic hydroxyl groups excluding tert-OH is 1. The summed E-state index contributed by atoms with van der Waals surface area (Å²) in [6.45, 7) is 2.07. The lowest BCUT2D eigenvalue weighted by atomic mass is 10.2. The standard InChI is InChI=1S/C11H14Cl2N2O/c12-8-2-1-7(9(13)3-8)4-15-10-5-14-6-11(10)16/h1-3,10-11,14-16H,4-6H2/t10-,11-/m0/s1. The van der Waals surface area contributed by atoms with E-state index in [9.17, 15) is 5.11 Å². The molecule has 0 bridgehead atoms. The first kappa shape index (κ1) is 12.1.